The van der Waals surface area contributed by atoms with Gasteiger partial charge < -0.3 is 13.3 Å². The summed E-state index contributed by atoms with van der Waals surface area (Å²) in [7, 11) is -2.51. The van der Waals surface area contributed by atoms with Crippen molar-refractivity contribution in [2.75, 3.05) is 25.7 Å². The molecule has 0 heterocycles. The van der Waals surface area contributed by atoms with Crippen molar-refractivity contribution in [1.82, 2.24) is 0 Å². The van der Waals surface area contributed by atoms with Crippen molar-refractivity contribution in [2.45, 2.75) is 71.8 Å². The Balaban J connectivity index is 4.48. The summed E-state index contributed by atoms with van der Waals surface area (Å²) in [5.74, 6) is 0.639. The minimum Gasteiger partial charge on any atom is -0.373 e. The smallest absolute Gasteiger partial charge is 0.373 e. The maximum Gasteiger partial charge on any atom is 0.500 e. The van der Waals surface area contributed by atoms with E-state index in [1.54, 1.807) is 0 Å². The van der Waals surface area contributed by atoms with Crippen LogP contribution in [0.2, 0.25) is 6.04 Å². The SMILES string of the molecule is CCCCO[Si](CCCCl)(OCCCC)OCCCC. The van der Waals surface area contributed by atoms with E-state index in [0.717, 1.165) is 70.8 Å². The van der Waals surface area contributed by atoms with Gasteiger partial charge in [0.25, 0.3) is 0 Å². The van der Waals surface area contributed by atoms with Gasteiger partial charge in [-0.3, -0.25) is 0 Å². The highest BCUT2D eigenvalue weighted by atomic mass is 35.5. The largest absolute Gasteiger partial charge is 0.500 e. The summed E-state index contributed by atoms with van der Waals surface area (Å²) in [6.07, 6.45) is 7.47. The number of alkyl halides is 1. The molecule has 0 aliphatic carbocycles. The first-order chi connectivity index (χ1) is 9.74. The van der Waals surface area contributed by atoms with Gasteiger partial charge >= 0.3 is 8.80 Å². The first-order valence-corrected chi connectivity index (χ1v) is 10.7. The maximum absolute atomic E-state index is 6.10. The summed E-state index contributed by atoms with van der Waals surface area (Å²) >= 11 is 5.85. The van der Waals surface area contributed by atoms with Crippen LogP contribution in [-0.4, -0.2) is 34.5 Å². The van der Waals surface area contributed by atoms with Crippen LogP contribution < -0.4 is 0 Å². The highest BCUT2D eigenvalue weighted by Gasteiger charge is 2.40. The van der Waals surface area contributed by atoms with E-state index < -0.39 is 8.80 Å². The zero-order chi connectivity index (χ0) is 15.1. The predicted molar refractivity (Wildman–Crippen MR) is 88.5 cm³/mol. The summed E-state index contributed by atoms with van der Waals surface area (Å²) in [4.78, 5) is 0. The van der Waals surface area contributed by atoms with E-state index >= 15 is 0 Å². The summed E-state index contributed by atoms with van der Waals surface area (Å²) in [6.45, 7) is 8.72. The lowest BCUT2D eigenvalue weighted by molar-refractivity contribution is 0.0562. The molecule has 0 fully saturated rings. The van der Waals surface area contributed by atoms with Gasteiger partial charge in [0.15, 0.2) is 0 Å². The van der Waals surface area contributed by atoms with Crippen LogP contribution in [0.25, 0.3) is 0 Å². The second kappa shape index (κ2) is 14.3. The molecule has 3 nitrogen and oxygen atoms in total. The molecule has 0 saturated heterocycles. The Labute approximate surface area is 131 Å². The highest BCUT2D eigenvalue weighted by molar-refractivity contribution is 6.60. The Bertz CT molecular complexity index is 179. The van der Waals surface area contributed by atoms with E-state index in [2.05, 4.69) is 20.8 Å². The van der Waals surface area contributed by atoms with E-state index in [4.69, 9.17) is 24.9 Å². The van der Waals surface area contributed by atoms with E-state index in [1.807, 2.05) is 0 Å². The third-order valence-corrected chi connectivity index (χ3v) is 6.24. The van der Waals surface area contributed by atoms with E-state index in [9.17, 15) is 0 Å². The molecule has 0 saturated carbocycles. The summed E-state index contributed by atoms with van der Waals surface area (Å²) in [5, 5.41) is 0. The van der Waals surface area contributed by atoms with Crippen LogP contribution in [0, 0.1) is 0 Å². The van der Waals surface area contributed by atoms with Crippen LogP contribution in [0.4, 0.5) is 0 Å². The van der Waals surface area contributed by atoms with Gasteiger partial charge in [0, 0.05) is 31.7 Å². The van der Waals surface area contributed by atoms with Gasteiger partial charge in [0.2, 0.25) is 0 Å². The Morgan fingerprint density at radius 2 is 1.10 bits per heavy atom. The fraction of sp³-hybridized carbons (Fsp3) is 1.00. The third kappa shape index (κ3) is 10.2. The summed E-state index contributed by atoms with van der Waals surface area (Å²) in [5.41, 5.74) is 0. The van der Waals surface area contributed by atoms with Gasteiger partial charge in [-0.15, -0.1) is 11.6 Å². The normalized spacial score (nSPS) is 12.0. The molecule has 0 aromatic rings. The van der Waals surface area contributed by atoms with Crippen LogP contribution in [0.15, 0.2) is 0 Å². The molecule has 0 bridgehead atoms. The lowest BCUT2D eigenvalue weighted by Crippen LogP contribution is -2.46. The molecule has 0 spiro atoms. The van der Waals surface area contributed by atoms with E-state index in [0.29, 0.717) is 5.88 Å². The fourth-order valence-corrected chi connectivity index (χ4v) is 4.76. The van der Waals surface area contributed by atoms with Gasteiger partial charge in [0.05, 0.1) is 0 Å². The average molecular weight is 325 g/mol. The van der Waals surface area contributed by atoms with Crippen LogP contribution >= 0.6 is 11.6 Å². The van der Waals surface area contributed by atoms with Crippen LogP contribution in [0.1, 0.15) is 65.7 Å². The van der Waals surface area contributed by atoms with Crippen molar-refractivity contribution in [3.05, 3.63) is 0 Å². The van der Waals surface area contributed by atoms with E-state index in [-0.39, 0.29) is 0 Å². The molecule has 0 aromatic heterocycles. The first kappa shape index (κ1) is 20.4. The second-order valence-corrected chi connectivity index (χ2v) is 8.19. The standard InChI is InChI=1S/C15H33ClO3Si/c1-4-7-12-17-20(15-10-11-16,18-13-8-5-2)19-14-9-6-3/h4-15H2,1-3H3. The van der Waals surface area contributed by atoms with Gasteiger partial charge in [0.1, 0.15) is 0 Å². The zero-order valence-electron chi connectivity index (χ0n) is 13.6. The second-order valence-electron chi connectivity index (χ2n) is 5.08. The Morgan fingerprint density at radius 3 is 1.40 bits per heavy atom. The molecule has 0 atom stereocenters. The quantitative estimate of drug-likeness (QED) is 0.241. The molecule has 20 heavy (non-hydrogen) atoms. The highest BCUT2D eigenvalue weighted by Crippen LogP contribution is 2.20. The van der Waals surface area contributed by atoms with Crippen LogP contribution in [0.5, 0.6) is 0 Å². The molecular formula is C15H33ClO3Si. The van der Waals surface area contributed by atoms with Crippen molar-refractivity contribution in [2.24, 2.45) is 0 Å². The molecular weight excluding hydrogens is 292 g/mol. The van der Waals surface area contributed by atoms with Crippen LogP contribution in [0.3, 0.4) is 0 Å². The molecule has 0 amide bonds. The molecule has 0 unspecified atom stereocenters. The summed E-state index contributed by atoms with van der Waals surface area (Å²) in [6, 6.07) is 0.841. The maximum atomic E-state index is 6.10. The number of hydrogen-bond donors (Lipinski definition) is 0. The molecule has 0 aliphatic heterocycles. The summed E-state index contributed by atoms with van der Waals surface area (Å²) < 4.78 is 18.3. The molecule has 0 aliphatic rings. The number of hydrogen-bond acceptors (Lipinski definition) is 3. The fourth-order valence-electron chi connectivity index (χ4n) is 1.74. The number of rotatable bonds is 15. The Hall–Kier alpha value is 0.387. The molecule has 0 rings (SSSR count). The number of halogens is 1. The third-order valence-electron chi connectivity index (χ3n) is 3.08. The molecule has 0 N–H and O–H groups in total. The monoisotopic (exact) mass is 324 g/mol. The van der Waals surface area contributed by atoms with Crippen molar-refractivity contribution in [3.63, 3.8) is 0 Å². The molecule has 122 valence electrons. The average Bonchev–Trinajstić information content (AvgIpc) is 2.46. The number of unbranched alkanes of at least 4 members (excludes halogenated alkanes) is 3. The van der Waals surface area contributed by atoms with E-state index in [1.165, 1.54) is 0 Å². The topological polar surface area (TPSA) is 27.7 Å². The lowest BCUT2D eigenvalue weighted by Gasteiger charge is -2.29. The van der Waals surface area contributed by atoms with Crippen LogP contribution in [-0.2, 0) is 13.3 Å². The van der Waals surface area contributed by atoms with Gasteiger partial charge in [-0.2, -0.15) is 0 Å². The van der Waals surface area contributed by atoms with Crippen molar-refractivity contribution >= 4 is 20.4 Å². The zero-order valence-corrected chi connectivity index (χ0v) is 15.3. The van der Waals surface area contributed by atoms with Gasteiger partial charge in [-0.25, -0.2) is 0 Å². The Kier molecular flexibility index (Phi) is 14.6. The Morgan fingerprint density at radius 1 is 0.700 bits per heavy atom. The van der Waals surface area contributed by atoms with Crippen molar-refractivity contribution in [1.29, 1.82) is 0 Å². The predicted octanol–water partition coefficient (Wildman–Crippen LogP) is 5.00. The molecule has 5 heteroatoms. The first-order valence-electron chi connectivity index (χ1n) is 8.22. The lowest BCUT2D eigenvalue weighted by atomic mass is 10.4. The molecule has 0 radical (unpaired) electrons. The minimum absolute atomic E-state index is 0.639. The molecule has 0 aromatic carbocycles. The van der Waals surface area contributed by atoms with Gasteiger partial charge in [-0.05, 0) is 25.7 Å². The van der Waals surface area contributed by atoms with Crippen molar-refractivity contribution < 1.29 is 13.3 Å². The minimum atomic E-state index is -2.51. The van der Waals surface area contributed by atoms with Crippen molar-refractivity contribution in [3.8, 4) is 0 Å². The van der Waals surface area contributed by atoms with Gasteiger partial charge in [-0.1, -0.05) is 40.0 Å².